The Hall–Kier alpha value is -0.240. The van der Waals surface area contributed by atoms with Gasteiger partial charge in [-0.15, -0.1) is 0 Å². The van der Waals surface area contributed by atoms with Gasteiger partial charge in [-0.05, 0) is 30.1 Å². The van der Waals surface area contributed by atoms with Crippen LogP contribution in [0.25, 0.3) is 0 Å². The molecule has 26 heavy (non-hydrogen) atoms. The minimum absolute atomic E-state index is 0.0106. The maximum atomic E-state index is 12.1. The van der Waals surface area contributed by atoms with Crippen molar-refractivity contribution in [1.29, 1.82) is 0 Å². The number of aliphatic hydroxyl groups is 5. The van der Waals surface area contributed by atoms with Gasteiger partial charge >= 0.3 is 0 Å². The average Bonchev–Trinajstić information content (AvgIpc) is 2.93. The van der Waals surface area contributed by atoms with E-state index in [0.717, 1.165) is 0 Å². The number of hydrogen-bond acceptors (Lipinski definition) is 6. The zero-order valence-electron chi connectivity index (χ0n) is 16.0. The fraction of sp³-hybridized carbons (Fsp3) is 1.00. The molecule has 0 aromatic heterocycles. The van der Waals surface area contributed by atoms with E-state index in [1.807, 2.05) is 27.7 Å². The van der Waals surface area contributed by atoms with Crippen LogP contribution >= 0.6 is 0 Å². The summed E-state index contributed by atoms with van der Waals surface area (Å²) in [4.78, 5) is 0. The van der Waals surface area contributed by atoms with Crippen molar-refractivity contribution < 1.29 is 30.3 Å². The molecule has 0 amide bonds. The van der Waals surface area contributed by atoms with Crippen molar-refractivity contribution in [1.82, 2.24) is 0 Å². The molecule has 0 radical (unpaired) electrons. The Bertz CT molecular complexity index is 671. The van der Waals surface area contributed by atoms with Crippen LogP contribution in [0.2, 0.25) is 0 Å². The van der Waals surface area contributed by atoms with Gasteiger partial charge in [0.15, 0.2) is 5.79 Å². The quantitative estimate of drug-likeness (QED) is 0.478. The summed E-state index contributed by atoms with van der Waals surface area (Å²) in [5.41, 5.74) is -4.08. The molecule has 4 aliphatic carbocycles. The first kappa shape index (κ1) is 17.8. The summed E-state index contributed by atoms with van der Waals surface area (Å²) in [6.45, 7) is 7.72. The molecule has 4 saturated carbocycles. The van der Waals surface area contributed by atoms with Gasteiger partial charge in [0, 0.05) is 30.8 Å². The van der Waals surface area contributed by atoms with Gasteiger partial charge in [0.25, 0.3) is 0 Å². The first-order chi connectivity index (χ1) is 11.9. The molecule has 5 N–H and O–H groups in total. The highest BCUT2D eigenvalue weighted by Gasteiger charge is 2.92. The third-order valence-corrected chi connectivity index (χ3v) is 10.1. The highest BCUT2D eigenvalue weighted by molar-refractivity contribution is 5.38. The molecule has 148 valence electrons. The standard InChI is InChI=1S/C20H32O6/c1-9(7-21)11-5-13-16(3)8-19(24)17(11,4)20(13,25)15(26-19)14-10(2)12(22)6-18(14,16)23/h9-15,21-25H,5-8H2,1-4H3/t9-,10-,11-,12-,13-,14-,15+,16+,17+,18+,19-,20+/m0/s1. The topological polar surface area (TPSA) is 110 Å². The molecule has 6 heteroatoms. The third kappa shape index (κ3) is 1.37. The number of ether oxygens (including phenoxy) is 1. The largest absolute Gasteiger partial charge is 0.396 e. The van der Waals surface area contributed by atoms with Crippen LogP contribution in [0.3, 0.4) is 0 Å². The number of fused-ring (bicyclic) bond motifs is 3. The molecular weight excluding hydrogens is 336 g/mol. The fourth-order valence-corrected chi connectivity index (χ4v) is 8.62. The Morgan fingerprint density at radius 2 is 1.85 bits per heavy atom. The minimum atomic E-state index is -1.53. The van der Waals surface area contributed by atoms with Crippen molar-refractivity contribution in [3.05, 3.63) is 0 Å². The van der Waals surface area contributed by atoms with Gasteiger partial charge in [0.05, 0.1) is 23.2 Å². The summed E-state index contributed by atoms with van der Waals surface area (Å²) in [5, 5.41) is 56.0. The van der Waals surface area contributed by atoms with Crippen molar-refractivity contribution >= 4 is 0 Å². The smallest absolute Gasteiger partial charge is 0.175 e. The molecule has 5 rings (SSSR count). The Morgan fingerprint density at radius 1 is 1.19 bits per heavy atom. The Kier molecular flexibility index (Phi) is 3.08. The van der Waals surface area contributed by atoms with Crippen molar-refractivity contribution in [3.8, 4) is 0 Å². The molecule has 1 saturated heterocycles. The lowest BCUT2D eigenvalue weighted by molar-refractivity contribution is -0.302. The van der Waals surface area contributed by atoms with Crippen LogP contribution < -0.4 is 0 Å². The molecule has 12 atom stereocenters. The lowest BCUT2D eigenvalue weighted by Gasteiger charge is -2.64. The van der Waals surface area contributed by atoms with Gasteiger partial charge in [-0.25, -0.2) is 0 Å². The predicted molar refractivity (Wildman–Crippen MR) is 91.7 cm³/mol. The second kappa shape index (κ2) is 4.50. The fourth-order valence-electron chi connectivity index (χ4n) is 8.62. The zero-order chi connectivity index (χ0) is 19.1. The van der Waals surface area contributed by atoms with E-state index in [0.29, 0.717) is 6.42 Å². The Morgan fingerprint density at radius 3 is 2.46 bits per heavy atom. The molecule has 0 aromatic rings. The number of aliphatic hydroxyl groups excluding tert-OH is 2. The van der Waals surface area contributed by atoms with E-state index in [2.05, 4.69) is 0 Å². The van der Waals surface area contributed by atoms with Gasteiger partial charge in [0.2, 0.25) is 0 Å². The van der Waals surface area contributed by atoms with E-state index in [1.165, 1.54) is 0 Å². The summed E-state index contributed by atoms with van der Waals surface area (Å²) in [6, 6.07) is 0. The summed E-state index contributed by atoms with van der Waals surface area (Å²) in [5.74, 6) is -2.57. The van der Waals surface area contributed by atoms with Crippen LogP contribution in [0.15, 0.2) is 0 Å². The van der Waals surface area contributed by atoms with E-state index in [4.69, 9.17) is 4.74 Å². The Labute approximate surface area is 154 Å². The number of rotatable bonds is 2. The maximum absolute atomic E-state index is 12.1. The molecule has 5 aliphatic rings. The van der Waals surface area contributed by atoms with Gasteiger partial charge in [-0.1, -0.05) is 27.7 Å². The molecular formula is C20H32O6. The van der Waals surface area contributed by atoms with Crippen LogP contribution in [-0.4, -0.2) is 61.3 Å². The van der Waals surface area contributed by atoms with Crippen LogP contribution in [0.4, 0.5) is 0 Å². The molecule has 5 fully saturated rings. The van der Waals surface area contributed by atoms with Crippen LogP contribution in [0, 0.1) is 40.4 Å². The van der Waals surface area contributed by atoms with E-state index < -0.39 is 45.9 Å². The second-order valence-electron chi connectivity index (χ2n) is 10.6. The summed E-state index contributed by atoms with van der Waals surface area (Å²) >= 11 is 0. The average molecular weight is 368 g/mol. The summed E-state index contributed by atoms with van der Waals surface area (Å²) in [7, 11) is 0. The molecule has 0 aromatic carbocycles. The lowest BCUT2D eigenvalue weighted by atomic mass is 9.41. The minimum Gasteiger partial charge on any atom is -0.396 e. The SMILES string of the molecule is C[C@@H]1[C@H]2[C@H]3O[C@@]4(O)C[C@](C)([C@@H]5C[C@@H]([C@@H](C)CO)[C@@]4(C)[C@]35O)[C@@]2(O)C[C@@H]1O. The third-order valence-electron chi connectivity index (χ3n) is 10.1. The highest BCUT2D eigenvalue weighted by atomic mass is 16.7. The summed E-state index contributed by atoms with van der Waals surface area (Å²) < 4.78 is 6.24. The van der Waals surface area contributed by atoms with Crippen LogP contribution in [0.5, 0.6) is 0 Å². The second-order valence-corrected chi connectivity index (χ2v) is 10.6. The van der Waals surface area contributed by atoms with Crippen molar-refractivity contribution in [2.75, 3.05) is 6.61 Å². The molecule has 5 bridgehead atoms. The lowest BCUT2D eigenvalue weighted by Crippen LogP contribution is -2.75. The molecule has 0 spiro atoms. The molecule has 6 nitrogen and oxygen atoms in total. The number of hydrogen-bond donors (Lipinski definition) is 5. The van der Waals surface area contributed by atoms with Gasteiger partial charge in [-0.2, -0.15) is 0 Å². The first-order valence-corrected chi connectivity index (χ1v) is 10.1. The monoisotopic (exact) mass is 368 g/mol. The zero-order valence-corrected chi connectivity index (χ0v) is 16.0. The van der Waals surface area contributed by atoms with Crippen molar-refractivity contribution in [2.45, 2.75) is 76.2 Å². The van der Waals surface area contributed by atoms with E-state index in [1.54, 1.807) is 0 Å². The molecule has 1 heterocycles. The van der Waals surface area contributed by atoms with E-state index in [9.17, 15) is 25.5 Å². The van der Waals surface area contributed by atoms with Gasteiger partial charge in [-0.3, -0.25) is 0 Å². The first-order valence-electron chi connectivity index (χ1n) is 10.1. The van der Waals surface area contributed by atoms with E-state index >= 15 is 0 Å². The van der Waals surface area contributed by atoms with Gasteiger partial charge < -0.3 is 30.3 Å². The molecule has 0 unspecified atom stereocenters. The van der Waals surface area contributed by atoms with Gasteiger partial charge in [0.1, 0.15) is 5.60 Å². The Balaban J connectivity index is 1.77. The highest BCUT2D eigenvalue weighted by Crippen LogP contribution is 2.83. The summed E-state index contributed by atoms with van der Waals surface area (Å²) in [6.07, 6.45) is -0.186. The van der Waals surface area contributed by atoms with Crippen molar-refractivity contribution in [3.63, 3.8) is 0 Å². The molecule has 1 aliphatic heterocycles. The van der Waals surface area contributed by atoms with Crippen molar-refractivity contribution in [2.24, 2.45) is 40.4 Å². The van der Waals surface area contributed by atoms with Crippen LogP contribution in [0.1, 0.15) is 47.0 Å². The maximum Gasteiger partial charge on any atom is 0.175 e. The predicted octanol–water partition coefficient (Wildman–Crippen LogP) is 0.247. The van der Waals surface area contributed by atoms with E-state index in [-0.39, 0.29) is 43.1 Å². The normalized spacial score (nSPS) is 69.1. The van der Waals surface area contributed by atoms with Crippen LogP contribution in [-0.2, 0) is 4.74 Å².